The van der Waals surface area contributed by atoms with Gasteiger partial charge in [0, 0.05) is 12.1 Å². The lowest BCUT2D eigenvalue weighted by atomic mass is 10.1. The topological polar surface area (TPSA) is 44.5 Å². The predicted octanol–water partition coefficient (Wildman–Crippen LogP) is 1.79. The van der Waals surface area contributed by atoms with Gasteiger partial charge in [0.05, 0.1) is 7.11 Å². The van der Waals surface area contributed by atoms with Crippen molar-refractivity contribution in [3.63, 3.8) is 0 Å². The molecular weight excluding hydrogens is 197 g/mol. The van der Waals surface area contributed by atoms with Crippen molar-refractivity contribution in [1.82, 2.24) is 0 Å². The van der Waals surface area contributed by atoms with E-state index in [0.717, 1.165) is 0 Å². The van der Waals surface area contributed by atoms with E-state index in [4.69, 9.17) is 15.2 Å². The molecule has 0 unspecified atom stereocenters. The third kappa shape index (κ3) is 2.39. The molecule has 0 heterocycles. The van der Waals surface area contributed by atoms with Gasteiger partial charge in [-0.05, 0) is 25.5 Å². The van der Waals surface area contributed by atoms with Gasteiger partial charge in [0.25, 0.3) is 0 Å². The average Bonchev–Trinajstić information content (AvgIpc) is 2.23. The molecule has 2 N–H and O–H groups in total. The van der Waals surface area contributed by atoms with Gasteiger partial charge in [-0.25, -0.2) is 4.39 Å². The Labute approximate surface area is 89.0 Å². The zero-order valence-corrected chi connectivity index (χ0v) is 9.26. The van der Waals surface area contributed by atoms with Crippen molar-refractivity contribution in [3.8, 4) is 11.5 Å². The van der Waals surface area contributed by atoms with E-state index in [0.29, 0.717) is 35.8 Å². The number of hydrogen-bond donors (Lipinski definition) is 1. The normalized spacial score (nSPS) is 10.2. The fourth-order valence-electron chi connectivity index (χ4n) is 1.44. The van der Waals surface area contributed by atoms with E-state index in [-0.39, 0.29) is 5.82 Å². The maximum atomic E-state index is 13.5. The number of hydrogen-bond acceptors (Lipinski definition) is 3. The van der Waals surface area contributed by atoms with E-state index in [1.54, 1.807) is 19.9 Å². The summed E-state index contributed by atoms with van der Waals surface area (Å²) in [4.78, 5) is 0. The van der Waals surface area contributed by atoms with Crippen molar-refractivity contribution in [1.29, 1.82) is 0 Å². The molecule has 84 valence electrons. The van der Waals surface area contributed by atoms with Gasteiger partial charge < -0.3 is 15.2 Å². The van der Waals surface area contributed by atoms with Crippen LogP contribution in [0.25, 0.3) is 0 Å². The summed E-state index contributed by atoms with van der Waals surface area (Å²) < 4.78 is 24.0. The number of aryl methyl sites for hydroxylation is 1. The van der Waals surface area contributed by atoms with Crippen molar-refractivity contribution < 1.29 is 13.9 Å². The van der Waals surface area contributed by atoms with E-state index < -0.39 is 0 Å². The summed E-state index contributed by atoms with van der Waals surface area (Å²) in [6.45, 7) is 4.16. The molecule has 1 rings (SSSR count). The van der Waals surface area contributed by atoms with Gasteiger partial charge in [-0.15, -0.1) is 0 Å². The third-order valence-electron chi connectivity index (χ3n) is 2.17. The van der Waals surface area contributed by atoms with Crippen LogP contribution >= 0.6 is 0 Å². The molecule has 1 aromatic carbocycles. The minimum absolute atomic E-state index is 0.257. The van der Waals surface area contributed by atoms with Gasteiger partial charge in [0.1, 0.15) is 12.4 Å². The summed E-state index contributed by atoms with van der Waals surface area (Å²) in [6, 6.07) is 1.62. The van der Waals surface area contributed by atoms with Gasteiger partial charge in [-0.3, -0.25) is 0 Å². The first-order chi connectivity index (χ1) is 7.11. The van der Waals surface area contributed by atoms with E-state index in [9.17, 15) is 4.39 Å². The number of benzene rings is 1. The Bertz CT molecular complexity index is 353. The highest BCUT2D eigenvalue weighted by atomic mass is 19.1. The quantitative estimate of drug-likeness (QED) is 0.829. The second-order valence-electron chi connectivity index (χ2n) is 3.30. The predicted molar refractivity (Wildman–Crippen MR) is 57.0 cm³/mol. The number of halogens is 1. The van der Waals surface area contributed by atoms with E-state index >= 15 is 0 Å². The maximum Gasteiger partial charge on any atom is 0.166 e. The van der Waals surface area contributed by atoms with Gasteiger partial charge in [0.2, 0.25) is 0 Å². The van der Waals surface area contributed by atoms with Crippen molar-refractivity contribution in [2.24, 2.45) is 5.73 Å². The first-order valence-electron chi connectivity index (χ1n) is 4.78. The number of rotatable bonds is 4. The molecule has 4 heteroatoms. The van der Waals surface area contributed by atoms with E-state index in [1.165, 1.54) is 7.11 Å². The van der Waals surface area contributed by atoms with Crippen molar-refractivity contribution in [3.05, 3.63) is 23.0 Å². The van der Waals surface area contributed by atoms with Gasteiger partial charge in [-0.1, -0.05) is 0 Å². The molecular formula is C11H16FNO2. The van der Waals surface area contributed by atoms with Crippen molar-refractivity contribution >= 4 is 0 Å². The first kappa shape index (κ1) is 11.8. The number of methoxy groups -OCH3 is 1. The zero-order chi connectivity index (χ0) is 11.4. The number of ether oxygens (including phenoxy) is 2. The lowest BCUT2D eigenvalue weighted by Crippen LogP contribution is -2.11. The molecule has 0 radical (unpaired) electrons. The molecule has 0 aliphatic carbocycles. The summed E-state index contributed by atoms with van der Waals surface area (Å²) in [5.41, 5.74) is 6.34. The second kappa shape index (κ2) is 4.98. The van der Waals surface area contributed by atoms with E-state index in [2.05, 4.69) is 0 Å². The Morgan fingerprint density at radius 1 is 1.40 bits per heavy atom. The average molecular weight is 213 g/mol. The lowest BCUT2D eigenvalue weighted by Gasteiger charge is -2.14. The Kier molecular flexibility index (Phi) is 3.91. The molecule has 0 aliphatic rings. The van der Waals surface area contributed by atoms with Crippen LogP contribution in [0.3, 0.4) is 0 Å². The van der Waals surface area contributed by atoms with Crippen molar-refractivity contribution in [2.75, 3.05) is 20.3 Å². The molecule has 0 atom stereocenters. The molecule has 0 aliphatic heterocycles. The Morgan fingerprint density at radius 3 is 2.60 bits per heavy atom. The highest BCUT2D eigenvalue weighted by molar-refractivity contribution is 5.49. The van der Waals surface area contributed by atoms with Crippen LogP contribution in [0.4, 0.5) is 4.39 Å². The van der Waals surface area contributed by atoms with E-state index in [1.807, 2.05) is 0 Å². The van der Waals surface area contributed by atoms with Crippen LogP contribution in [0.5, 0.6) is 11.5 Å². The Balaban J connectivity index is 3.13. The van der Waals surface area contributed by atoms with Crippen LogP contribution in [-0.4, -0.2) is 20.3 Å². The molecule has 0 bridgehead atoms. The fourth-order valence-corrected chi connectivity index (χ4v) is 1.44. The van der Waals surface area contributed by atoms with Crippen LogP contribution in [-0.2, 0) is 0 Å². The number of nitrogens with two attached hydrogens (primary N) is 1. The fraction of sp³-hybridized carbons (Fsp3) is 0.455. The monoisotopic (exact) mass is 213 g/mol. The zero-order valence-electron chi connectivity index (χ0n) is 9.26. The van der Waals surface area contributed by atoms with Crippen LogP contribution < -0.4 is 15.2 Å². The molecule has 0 saturated heterocycles. The van der Waals surface area contributed by atoms with Gasteiger partial charge >= 0.3 is 0 Å². The minimum Gasteiger partial charge on any atom is -0.492 e. The first-order valence-corrected chi connectivity index (χ1v) is 4.78. The van der Waals surface area contributed by atoms with Crippen LogP contribution in [0.15, 0.2) is 6.07 Å². The Morgan fingerprint density at radius 2 is 2.07 bits per heavy atom. The molecule has 0 aromatic heterocycles. The summed E-state index contributed by atoms with van der Waals surface area (Å²) in [7, 11) is 1.49. The SMILES string of the molecule is COc1c(OCCN)cc(C)c(F)c1C. The highest BCUT2D eigenvalue weighted by Crippen LogP contribution is 2.34. The summed E-state index contributed by atoms with van der Waals surface area (Å²) in [6.07, 6.45) is 0. The summed E-state index contributed by atoms with van der Waals surface area (Å²) >= 11 is 0. The molecule has 0 fully saturated rings. The highest BCUT2D eigenvalue weighted by Gasteiger charge is 2.14. The molecule has 3 nitrogen and oxygen atoms in total. The second-order valence-corrected chi connectivity index (χ2v) is 3.30. The van der Waals surface area contributed by atoms with Crippen LogP contribution in [0.1, 0.15) is 11.1 Å². The summed E-state index contributed by atoms with van der Waals surface area (Å²) in [5.74, 6) is 0.720. The molecule has 15 heavy (non-hydrogen) atoms. The summed E-state index contributed by atoms with van der Waals surface area (Å²) in [5, 5.41) is 0. The van der Waals surface area contributed by atoms with Crippen molar-refractivity contribution in [2.45, 2.75) is 13.8 Å². The lowest BCUT2D eigenvalue weighted by molar-refractivity contribution is 0.299. The molecule has 0 amide bonds. The smallest absolute Gasteiger partial charge is 0.166 e. The van der Waals surface area contributed by atoms with Gasteiger partial charge in [-0.2, -0.15) is 0 Å². The third-order valence-corrected chi connectivity index (χ3v) is 2.17. The molecule has 0 saturated carbocycles. The minimum atomic E-state index is -0.257. The Hall–Kier alpha value is -1.29. The molecule has 0 spiro atoms. The van der Waals surface area contributed by atoms with Crippen LogP contribution in [0, 0.1) is 19.7 Å². The maximum absolute atomic E-state index is 13.5. The largest absolute Gasteiger partial charge is 0.492 e. The molecule has 1 aromatic rings. The standard InChI is InChI=1S/C11H16FNO2/c1-7-6-9(15-5-4-13)11(14-3)8(2)10(7)12/h6H,4-5,13H2,1-3H3. The van der Waals surface area contributed by atoms with Gasteiger partial charge in [0.15, 0.2) is 11.5 Å². The van der Waals surface area contributed by atoms with Crippen LogP contribution in [0.2, 0.25) is 0 Å².